The lowest BCUT2D eigenvalue weighted by Crippen LogP contribution is -2.18. The SMILES string of the molecule is COC1CCC(Nc2cc(Cl)ncn2)C1. The Labute approximate surface area is 94.0 Å². The Morgan fingerprint density at radius 1 is 1.47 bits per heavy atom. The second-order valence-electron chi connectivity index (χ2n) is 3.74. The Morgan fingerprint density at radius 2 is 2.33 bits per heavy atom. The van der Waals surface area contributed by atoms with Crippen molar-refractivity contribution in [1.29, 1.82) is 0 Å². The first-order chi connectivity index (χ1) is 7.28. The molecular formula is C10H14ClN3O. The van der Waals surface area contributed by atoms with E-state index in [1.165, 1.54) is 6.33 Å². The number of anilines is 1. The minimum absolute atomic E-state index is 0.375. The number of hydrogen-bond acceptors (Lipinski definition) is 4. The minimum atomic E-state index is 0.375. The van der Waals surface area contributed by atoms with Crippen LogP contribution >= 0.6 is 11.6 Å². The fourth-order valence-electron chi connectivity index (χ4n) is 1.91. The van der Waals surface area contributed by atoms with E-state index in [2.05, 4.69) is 15.3 Å². The largest absolute Gasteiger partial charge is 0.381 e. The normalized spacial score (nSPS) is 25.5. The molecule has 0 saturated heterocycles. The lowest BCUT2D eigenvalue weighted by Gasteiger charge is -2.13. The van der Waals surface area contributed by atoms with Crippen LogP contribution in [0.3, 0.4) is 0 Å². The molecule has 1 aliphatic rings. The second-order valence-corrected chi connectivity index (χ2v) is 4.13. The lowest BCUT2D eigenvalue weighted by molar-refractivity contribution is 0.108. The molecule has 0 amide bonds. The average Bonchev–Trinajstić information content (AvgIpc) is 2.65. The summed E-state index contributed by atoms with van der Waals surface area (Å²) in [6.07, 6.45) is 5.08. The van der Waals surface area contributed by atoms with Gasteiger partial charge in [-0.25, -0.2) is 9.97 Å². The molecule has 4 nitrogen and oxygen atoms in total. The Bertz CT molecular complexity index is 334. The van der Waals surface area contributed by atoms with Crippen LogP contribution in [0.25, 0.3) is 0 Å². The fraction of sp³-hybridized carbons (Fsp3) is 0.600. The van der Waals surface area contributed by atoms with Crippen LogP contribution in [0.4, 0.5) is 5.82 Å². The lowest BCUT2D eigenvalue weighted by atomic mass is 10.2. The van der Waals surface area contributed by atoms with E-state index < -0.39 is 0 Å². The predicted molar refractivity (Wildman–Crippen MR) is 59.1 cm³/mol. The van der Waals surface area contributed by atoms with Crippen LogP contribution in [0.15, 0.2) is 12.4 Å². The van der Waals surface area contributed by atoms with E-state index in [9.17, 15) is 0 Å². The molecule has 0 spiro atoms. The van der Waals surface area contributed by atoms with Crippen LogP contribution in [-0.2, 0) is 4.74 Å². The van der Waals surface area contributed by atoms with Gasteiger partial charge in [-0.05, 0) is 19.3 Å². The Kier molecular flexibility index (Phi) is 3.38. The molecule has 15 heavy (non-hydrogen) atoms. The summed E-state index contributed by atoms with van der Waals surface area (Å²) in [6.45, 7) is 0. The number of aromatic nitrogens is 2. The van der Waals surface area contributed by atoms with Crippen LogP contribution in [0.2, 0.25) is 5.15 Å². The quantitative estimate of drug-likeness (QED) is 0.804. The average molecular weight is 228 g/mol. The molecule has 1 fully saturated rings. The van der Waals surface area contributed by atoms with E-state index in [4.69, 9.17) is 16.3 Å². The molecular weight excluding hydrogens is 214 g/mol. The summed E-state index contributed by atoms with van der Waals surface area (Å²) in [7, 11) is 1.76. The van der Waals surface area contributed by atoms with E-state index in [1.54, 1.807) is 13.2 Å². The third kappa shape index (κ3) is 2.79. The summed E-state index contributed by atoms with van der Waals surface area (Å²) in [6, 6.07) is 2.17. The van der Waals surface area contributed by atoms with Crippen LogP contribution in [-0.4, -0.2) is 29.2 Å². The maximum absolute atomic E-state index is 5.77. The van der Waals surface area contributed by atoms with Gasteiger partial charge in [0.2, 0.25) is 0 Å². The van der Waals surface area contributed by atoms with Gasteiger partial charge in [-0.2, -0.15) is 0 Å². The van der Waals surface area contributed by atoms with Crippen molar-refractivity contribution in [2.24, 2.45) is 0 Å². The minimum Gasteiger partial charge on any atom is -0.381 e. The molecule has 1 N–H and O–H groups in total. The Morgan fingerprint density at radius 3 is 3.00 bits per heavy atom. The summed E-state index contributed by atoms with van der Waals surface area (Å²) in [5.41, 5.74) is 0. The molecule has 0 radical (unpaired) electrons. The van der Waals surface area contributed by atoms with Crippen molar-refractivity contribution in [2.75, 3.05) is 12.4 Å². The number of nitrogens with one attached hydrogen (secondary N) is 1. The highest BCUT2D eigenvalue weighted by Crippen LogP contribution is 2.24. The van der Waals surface area contributed by atoms with Crippen LogP contribution in [0.1, 0.15) is 19.3 Å². The molecule has 2 rings (SSSR count). The summed E-state index contributed by atoms with van der Waals surface area (Å²) >= 11 is 5.77. The maximum Gasteiger partial charge on any atom is 0.134 e. The highest BCUT2D eigenvalue weighted by Gasteiger charge is 2.24. The summed E-state index contributed by atoms with van der Waals surface area (Å²) in [5.74, 6) is 0.789. The third-order valence-corrected chi connectivity index (χ3v) is 2.91. The maximum atomic E-state index is 5.77. The third-order valence-electron chi connectivity index (χ3n) is 2.70. The number of halogens is 1. The first-order valence-corrected chi connectivity index (χ1v) is 5.42. The van der Waals surface area contributed by atoms with Gasteiger partial charge in [-0.15, -0.1) is 0 Å². The highest BCUT2D eigenvalue weighted by molar-refractivity contribution is 6.29. The molecule has 0 aliphatic heterocycles. The molecule has 1 aromatic rings. The Hall–Kier alpha value is -0.870. The van der Waals surface area contributed by atoms with Gasteiger partial charge in [0.25, 0.3) is 0 Å². The van der Waals surface area contributed by atoms with Crippen LogP contribution < -0.4 is 5.32 Å². The van der Waals surface area contributed by atoms with E-state index in [0.29, 0.717) is 17.3 Å². The number of methoxy groups -OCH3 is 1. The second kappa shape index (κ2) is 4.77. The fourth-order valence-corrected chi connectivity index (χ4v) is 2.05. The van der Waals surface area contributed by atoms with Crippen molar-refractivity contribution >= 4 is 17.4 Å². The van der Waals surface area contributed by atoms with E-state index in [1.807, 2.05) is 0 Å². The molecule has 1 aliphatic carbocycles. The van der Waals surface area contributed by atoms with Crippen LogP contribution in [0, 0.1) is 0 Å². The molecule has 1 heterocycles. The summed E-state index contributed by atoms with van der Waals surface area (Å²) in [4.78, 5) is 7.94. The zero-order valence-corrected chi connectivity index (χ0v) is 9.37. The standard InChI is InChI=1S/C10H14ClN3O/c1-15-8-3-2-7(4-8)14-10-5-9(11)12-6-13-10/h5-8H,2-4H2,1H3,(H,12,13,14). The van der Waals surface area contributed by atoms with E-state index in [-0.39, 0.29) is 0 Å². The van der Waals surface area contributed by atoms with Gasteiger partial charge < -0.3 is 10.1 Å². The zero-order chi connectivity index (χ0) is 10.7. The van der Waals surface area contributed by atoms with Crippen LogP contribution in [0.5, 0.6) is 0 Å². The van der Waals surface area contributed by atoms with Gasteiger partial charge in [0.1, 0.15) is 17.3 Å². The first kappa shape index (κ1) is 10.6. The van der Waals surface area contributed by atoms with Gasteiger partial charge in [0.05, 0.1) is 6.10 Å². The summed E-state index contributed by atoms with van der Waals surface area (Å²) in [5, 5.41) is 3.80. The topological polar surface area (TPSA) is 47.0 Å². The van der Waals surface area contributed by atoms with Crippen molar-refractivity contribution < 1.29 is 4.74 Å². The van der Waals surface area contributed by atoms with Gasteiger partial charge in [-0.1, -0.05) is 11.6 Å². The molecule has 1 aromatic heterocycles. The summed E-state index contributed by atoms with van der Waals surface area (Å²) < 4.78 is 5.30. The highest BCUT2D eigenvalue weighted by atomic mass is 35.5. The molecule has 82 valence electrons. The zero-order valence-electron chi connectivity index (χ0n) is 8.61. The smallest absolute Gasteiger partial charge is 0.134 e. The first-order valence-electron chi connectivity index (χ1n) is 5.05. The monoisotopic (exact) mass is 227 g/mol. The number of ether oxygens (including phenoxy) is 1. The number of rotatable bonds is 3. The molecule has 0 aromatic carbocycles. The number of hydrogen-bond donors (Lipinski definition) is 1. The van der Waals surface area contributed by atoms with E-state index >= 15 is 0 Å². The molecule has 5 heteroatoms. The predicted octanol–water partition coefficient (Wildman–Crippen LogP) is 2.11. The van der Waals surface area contributed by atoms with Crippen molar-refractivity contribution in [3.05, 3.63) is 17.5 Å². The van der Waals surface area contributed by atoms with E-state index in [0.717, 1.165) is 25.1 Å². The van der Waals surface area contributed by atoms with Crippen molar-refractivity contribution in [1.82, 2.24) is 9.97 Å². The van der Waals surface area contributed by atoms with Crippen molar-refractivity contribution in [3.8, 4) is 0 Å². The van der Waals surface area contributed by atoms with Gasteiger partial charge in [0, 0.05) is 19.2 Å². The van der Waals surface area contributed by atoms with Crippen molar-refractivity contribution in [3.63, 3.8) is 0 Å². The number of nitrogens with zero attached hydrogens (tertiary/aromatic N) is 2. The Balaban J connectivity index is 1.92. The molecule has 0 bridgehead atoms. The molecule has 1 saturated carbocycles. The molecule has 2 atom stereocenters. The van der Waals surface area contributed by atoms with Gasteiger partial charge in [-0.3, -0.25) is 0 Å². The van der Waals surface area contributed by atoms with Crippen molar-refractivity contribution in [2.45, 2.75) is 31.4 Å². The van der Waals surface area contributed by atoms with Gasteiger partial charge in [0.15, 0.2) is 0 Å². The van der Waals surface area contributed by atoms with Gasteiger partial charge >= 0.3 is 0 Å². The molecule has 2 unspecified atom stereocenters.